The van der Waals surface area contributed by atoms with Crippen LogP contribution in [0, 0.1) is 5.41 Å². The fraction of sp³-hybridized carbons (Fsp3) is 0.350. The van der Waals surface area contributed by atoms with Crippen molar-refractivity contribution in [3.63, 3.8) is 0 Å². The van der Waals surface area contributed by atoms with Crippen LogP contribution in [0.25, 0.3) is 0 Å². The van der Waals surface area contributed by atoms with Crippen LogP contribution in [0.5, 0.6) is 0 Å². The van der Waals surface area contributed by atoms with E-state index in [1.54, 1.807) is 23.2 Å². The minimum atomic E-state index is -0.478. The molecule has 0 saturated heterocycles. The maximum Gasteiger partial charge on any atom is 0.261 e. The molecule has 5 nitrogen and oxygen atoms in total. The molecule has 1 N–H and O–H groups in total. The van der Waals surface area contributed by atoms with Crippen molar-refractivity contribution < 1.29 is 9.59 Å². The van der Waals surface area contributed by atoms with Crippen molar-refractivity contribution in [2.75, 3.05) is 10.2 Å². The molecule has 0 saturated carbocycles. The second kappa shape index (κ2) is 6.76. The summed E-state index contributed by atoms with van der Waals surface area (Å²) in [5.74, 6) is -0.104. The highest BCUT2D eigenvalue weighted by Gasteiger charge is 2.30. The van der Waals surface area contributed by atoms with E-state index in [2.05, 4.69) is 10.3 Å². The molecule has 0 bridgehead atoms. The molecule has 1 aromatic carbocycles. The predicted octanol–water partition coefficient (Wildman–Crippen LogP) is 4.59. The van der Waals surface area contributed by atoms with E-state index in [0.717, 1.165) is 10.6 Å². The average molecular weight is 369 g/mol. The van der Waals surface area contributed by atoms with Crippen molar-refractivity contribution in [2.24, 2.45) is 5.41 Å². The number of anilines is 2. The summed E-state index contributed by atoms with van der Waals surface area (Å²) in [6, 6.07) is 9.24. The number of amides is 2. The van der Waals surface area contributed by atoms with Crippen LogP contribution in [-0.4, -0.2) is 22.8 Å². The number of hydrogen-bond acceptors (Lipinski definition) is 4. The first kappa shape index (κ1) is 18.5. The lowest BCUT2D eigenvalue weighted by Gasteiger charge is -2.27. The van der Waals surface area contributed by atoms with E-state index in [1.807, 2.05) is 52.8 Å². The Morgan fingerprint density at radius 3 is 2.62 bits per heavy atom. The molecule has 0 radical (unpaired) electrons. The number of pyridine rings is 1. The van der Waals surface area contributed by atoms with Crippen LogP contribution < -0.4 is 10.2 Å². The molecule has 2 amide bonds. The second-order valence-electron chi connectivity index (χ2n) is 7.61. The molecule has 1 aromatic heterocycles. The van der Waals surface area contributed by atoms with Gasteiger partial charge >= 0.3 is 0 Å². The Bertz CT molecular complexity index is 872. The van der Waals surface area contributed by atoms with Crippen LogP contribution in [0.3, 0.4) is 0 Å². The zero-order valence-electron chi connectivity index (χ0n) is 15.7. The fourth-order valence-corrected chi connectivity index (χ4v) is 3.73. The van der Waals surface area contributed by atoms with Gasteiger partial charge in [0.05, 0.1) is 11.3 Å². The van der Waals surface area contributed by atoms with E-state index in [9.17, 15) is 9.59 Å². The van der Waals surface area contributed by atoms with Gasteiger partial charge in [0.2, 0.25) is 5.91 Å². The first-order valence-electron chi connectivity index (χ1n) is 8.60. The van der Waals surface area contributed by atoms with Crippen molar-refractivity contribution in [1.29, 1.82) is 0 Å². The molecule has 0 unspecified atom stereocenters. The summed E-state index contributed by atoms with van der Waals surface area (Å²) in [6.07, 6.45) is 1.69. The highest BCUT2D eigenvalue weighted by atomic mass is 32.2. The number of hydrogen-bond donors (Lipinski definition) is 1. The summed E-state index contributed by atoms with van der Waals surface area (Å²) in [7, 11) is 0. The molecular formula is C20H23N3O2S. The van der Waals surface area contributed by atoms with Crippen LogP contribution in [0.4, 0.5) is 11.4 Å². The largest absolute Gasteiger partial charge is 0.326 e. The van der Waals surface area contributed by atoms with E-state index in [-0.39, 0.29) is 17.9 Å². The molecule has 3 rings (SSSR count). The van der Waals surface area contributed by atoms with Crippen LogP contribution in [-0.2, 0) is 4.79 Å². The monoisotopic (exact) mass is 369 g/mol. The van der Waals surface area contributed by atoms with Gasteiger partial charge in [-0.25, -0.2) is 4.98 Å². The number of aromatic nitrogens is 1. The Morgan fingerprint density at radius 2 is 1.96 bits per heavy atom. The summed E-state index contributed by atoms with van der Waals surface area (Å²) >= 11 is 1.45. The summed E-state index contributed by atoms with van der Waals surface area (Å²) in [5, 5.41) is 3.64. The molecule has 26 heavy (non-hydrogen) atoms. The summed E-state index contributed by atoms with van der Waals surface area (Å²) < 4.78 is 0. The van der Waals surface area contributed by atoms with Crippen molar-refractivity contribution in [3.05, 3.63) is 42.1 Å². The average Bonchev–Trinajstić information content (AvgIpc) is 2.67. The maximum atomic E-state index is 13.0. The van der Waals surface area contributed by atoms with Crippen LogP contribution in [0.15, 0.2) is 46.5 Å². The SMILES string of the molecule is CC(C)N1C(=O)c2cccnc2Sc2cc(NC(=O)C(C)(C)C)ccc21. The van der Waals surface area contributed by atoms with Gasteiger partial charge in [-0.2, -0.15) is 0 Å². The quantitative estimate of drug-likeness (QED) is 0.841. The third-order valence-electron chi connectivity index (χ3n) is 4.10. The first-order valence-corrected chi connectivity index (χ1v) is 9.42. The topological polar surface area (TPSA) is 62.3 Å². The molecule has 136 valence electrons. The van der Waals surface area contributed by atoms with Gasteiger partial charge in [-0.05, 0) is 44.2 Å². The number of nitrogens with zero attached hydrogens (tertiary/aromatic N) is 2. The van der Waals surface area contributed by atoms with Crippen LogP contribution in [0.2, 0.25) is 0 Å². The van der Waals surface area contributed by atoms with Gasteiger partial charge in [-0.3, -0.25) is 9.59 Å². The van der Waals surface area contributed by atoms with Gasteiger partial charge < -0.3 is 10.2 Å². The molecule has 0 fully saturated rings. The van der Waals surface area contributed by atoms with E-state index in [0.29, 0.717) is 16.3 Å². The zero-order chi connectivity index (χ0) is 19.1. The van der Waals surface area contributed by atoms with Crippen molar-refractivity contribution >= 4 is 35.0 Å². The Morgan fingerprint density at radius 1 is 1.23 bits per heavy atom. The molecular weight excluding hydrogens is 346 g/mol. The Kier molecular flexibility index (Phi) is 4.80. The standard InChI is InChI=1S/C20H23N3O2S/c1-12(2)23-15-9-8-13(22-19(25)20(3,4)5)11-16(15)26-17-14(18(23)24)7-6-10-21-17/h6-12H,1-5H3,(H,22,25). The van der Waals surface area contributed by atoms with Crippen molar-refractivity contribution in [1.82, 2.24) is 4.98 Å². The van der Waals surface area contributed by atoms with Crippen LogP contribution in [0.1, 0.15) is 45.0 Å². The van der Waals surface area contributed by atoms with Gasteiger partial charge in [-0.15, -0.1) is 0 Å². The van der Waals surface area contributed by atoms with Gasteiger partial charge in [0.15, 0.2) is 0 Å². The van der Waals surface area contributed by atoms with Crippen LogP contribution >= 0.6 is 11.8 Å². The van der Waals surface area contributed by atoms with Gasteiger partial charge in [-0.1, -0.05) is 32.5 Å². The van der Waals surface area contributed by atoms with Crippen molar-refractivity contribution in [2.45, 2.75) is 50.6 Å². The Hall–Kier alpha value is -2.34. The molecule has 0 aliphatic carbocycles. The molecule has 1 aliphatic rings. The molecule has 6 heteroatoms. The van der Waals surface area contributed by atoms with E-state index in [1.165, 1.54) is 11.8 Å². The Balaban J connectivity index is 2.07. The minimum Gasteiger partial charge on any atom is -0.326 e. The predicted molar refractivity (Wildman–Crippen MR) is 105 cm³/mol. The number of rotatable bonds is 2. The molecule has 2 heterocycles. The zero-order valence-corrected chi connectivity index (χ0v) is 16.5. The summed E-state index contributed by atoms with van der Waals surface area (Å²) in [6.45, 7) is 9.60. The second-order valence-corrected chi connectivity index (χ2v) is 8.64. The highest BCUT2D eigenvalue weighted by Crippen LogP contribution is 2.42. The first-order chi connectivity index (χ1) is 12.2. The number of carbonyl (C=O) groups excluding carboxylic acids is 2. The van der Waals surface area contributed by atoms with Gasteiger partial charge in [0, 0.05) is 28.2 Å². The fourth-order valence-electron chi connectivity index (χ4n) is 2.68. The summed E-state index contributed by atoms with van der Waals surface area (Å²) in [5.41, 5.74) is 1.67. The van der Waals surface area contributed by atoms with Gasteiger partial charge in [0.1, 0.15) is 5.03 Å². The summed E-state index contributed by atoms with van der Waals surface area (Å²) in [4.78, 5) is 32.4. The third-order valence-corrected chi connectivity index (χ3v) is 5.17. The number of nitrogens with one attached hydrogen (secondary N) is 1. The number of carbonyl (C=O) groups is 2. The minimum absolute atomic E-state index is 0.00280. The van der Waals surface area contributed by atoms with E-state index < -0.39 is 5.41 Å². The maximum absolute atomic E-state index is 13.0. The molecule has 1 aliphatic heterocycles. The van der Waals surface area contributed by atoms with Crippen molar-refractivity contribution in [3.8, 4) is 0 Å². The highest BCUT2D eigenvalue weighted by molar-refractivity contribution is 7.99. The van der Waals surface area contributed by atoms with E-state index in [4.69, 9.17) is 0 Å². The third kappa shape index (κ3) is 3.46. The number of benzene rings is 1. The Labute approximate surface area is 158 Å². The molecule has 2 aromatic rings. The van der Waals surface area contributed by atoms with E-state index >= 15 is 0 Å². The smallest absolute Gasteiger partial charge is 0.261 e. The lowest BCUT2D eigenvalue weighted by atomic mass is 9.95. The number of fused-ring (bicyclic) bond motifs is 2. The lowest BCUT2D eigenvalue weighted by Crippen LogP contribution is -2.37. The normalized spacial score (nSPS) is 13.9. The lowest BCUT2D eigenvalue weighted by molar-refractivity contribution is -0.123. The van der Waals surface area contributed by atoms with Gasteiger partial charge in [0.25, 0.3) is 5.91 Å². The molecule has 0 atom stereocenters. The molecule has 0 spiro atoms.